The first-order valence-corrected chi connectivity index (χ1v) is 19.3. The van der Waals surface area contributed by atoms with Gasteiger partial charge in [0.25, 0.3) is 0 Å². The van der Waals surface area contributed by atoms with Crippen LogP contribution in [0.25, 0.3) is 0 Å². The van der Waals surface area contributed by atoms with Gasteiger partial charge in [-0.25, -0.2) is 4.39 Å². The average molecular weight is 689 g/mol. The van der Waals surface area contributed by atoms with E-state index in [-0.39, 0.29) is 26.9 Å². The summed E-state index contributed by atoms with van der Waals surface area (Å²) < 4.78 is 24.0. The maximum absolute atomic E-state index is 16.0. The first-order chi connectivity index (χ1) is 21.3. The first kappa shape index (κ1) is 34.6. The molecule has 0 unspecified atom stereocenters. The maximum Gasteiger partial charge on any atom is 0.243 e. The number of carbonyl (C=O) groups is 2. The molecule has 2 amide bonds. The number of benzene rings is 2. The summed E-state index contributed by atoms with van der Waals surface area (Å²) in [4.78, 5) is 28.5. The van der Waals surface area contributed by atoms with Gasteiger partial charge in [0, 0.05) is 34.9 Å². The number of amides is 2. The molecule has 46 heavy (non-hydrogen) atoms. The number of carbonyl (C=O) groups excluding carboxylic acids is 2. The number of aromatic nitrogens is 2. The van der Waals surface area contributed by atoms with E-state index >= 15 is 4.39 Å². The van der Waals surface area contributed by atoms with E-state index in [1.165, 1.54) is 6.07 Å². The fraction of sp³-hybridized carbons (Fsp3) is 0.500. The Morgan fingerprint density at radius 2 is 1.85 bits per heavy atom. The van der Waals surface area contributed by atoms with Crippen LogP contribution in [0.4, 0.5) is 15.9 Å². The summed E-state index contributed by atoms with van der Waals surface area (Å²) in [6.45, 7) is 18.2. The van der Waals surface area contributed by atoms with Gasteiger partial charge in [0.15, 0.2) is 14.1 Å². The molecular weight excluding hydrogens is 644 g/mol. The molecule has 0 aliphatic carbocycles. The van der Waals surface area contributed by atoms with Gasteiger partial charge < -0.3 is 20.4 Å². The highest BCUT2D eigenvalue weighted by molar-refractivity contribution is 6.74. The second-order valence-corrected chi connectivity index (χ2v) is 20.8. The Morgan fingerprint density at radius 3 is 2.52 bits per heavy atom. The van der Waals surface area contributed by atoms with E-state index in [1.807, 2.05) is 0 Å². The average Bonchev–Trinajstić information content (AvgIpc) is 3.59. The number of rotatable bonds is 8. The Hall–Kier alpha value is -2.76. The number of hydrogen-bond acceptors (Lipinski definition) is 5. The summed E-state index contributed by atoms with van der Waals surface area (Å²) in [6, 6.07) is 10.1. The Kier molecular flexibility index (Phi) is 9.29. The third-order valence-corrected chi connectivity index (χ3v) is 14.8. The van der Waals surface area contributed by atoms with E-state index in [1.54, 1.807) is 47.3 Å². The fourth-order valence-electron chi connectivity index (χ4n) is 6.52. The predicted molar refractivity (Wildman–Crippen MR) is 185 cm³/mol. The molecule has 2 aliphatic rings. The van der Waals surface area contributed by atoms with Crippen LogP contribution in [0.15, 0.2) is 48.7 Å². The van der Waals surface area contributed by atoms with E-state index in [0.29, 0.717) is 41.7 Å². The van der Waals surface area contributed by atoms with E-state index in [0.717, 1.165) is 0 Å². The number of hydrogen-bond donors (Lipinski definition) is 3. The van der Waals surface area contributed by atoms with Crippen LogP contribution >= 0.6 is 23.2 Å². The minimum absolute atomic E-state index is 0.0838. The van der Waals surface area contributed by atoms with Gasteiger partial charge in [0.05, 0.1) is 24.2 Å². The maximum atomic E-state index is 16.0. The molecule has 3 N–H and O–H groups in total. The standard InChI is InChI=1S/C34H44Cl2FN5O3Si/c1-32(2,3)19-25-34(22-13-12-20(35)18-24(22)38-31(34)44)27(21-10-9-11-23(36)28(21)37)29(39-25)30(43)40-26-14-15-42(41-26)16-17-45-46(7,8)33(4,5)6/h9-15,18,25,27,29,39H,16-17,19H2,1-8H3,(H,38,44)(H,40,41,43)/t25-,27-,29+,34+/m0/s1. The topological polar surface area (TPSA) is 97.3 Å². The first-order valence-electron chi connectivity index (χ1n) is 15.6. The van der Waals surface area contributed by atoms with Gasteiger partial charge in [0.1, 0.15) is 11.2 Å². The zero-order valence-electron chi connectivity index (χ0n) is 27.7. The molecule has 3 aromatic rings. The van der Waals surface area contributed by atoms with Gasteiger partial charge in [0.2, 0.25) is 11.8 Å². The molecule has 1 fully saturated rings. The van der Waals surface area contributed by atoms with Crippen molar-refractivity contribution in [3.8, 4) is 0 Å². The van der Waals surface area contributed by atoms with Crippen LogP contribution in [0.2, 0.25) is 28.2 Å². The van der Waals surface area contributed by atoms with Crippen molar-refractivity contribution in [2.24, 2.45) is 5.41 Å². The fourth-order valence-corrected chi connectivity index (χ4v) is 7.91. The molecule has 0 bridgehead atoms. The van der Waals surface area contributed by atoms with Gasteiger partial charge in [-0.3, -0.25) is 14.3 Å². The monoisotopic (exact) mass is 687 g/mol. The lowest BCUT2D eigenvalue weighted by molar-refractivity contribution is -0.122. The highest BCUT2D eigenvalue weighted by Gasteiger charge is 2.66. The van der Waals surface area contributed by atoms with Gasteiger partial charge in [-0.05, 0) is 59.3 Å². The van der Waals surface area contributed by atoms with Crippen LogP contribution in [0, 0.1) is 11.2 Å². The highest BCUT2D eigenvalue weighted by Crippen LogP contribution is 2.57. The molecule has 248 valence electrons. The van der Waals surface area contributed by atoms with Crippen LogP contribution in [-0.4, -0.2) is 48.6 Å². The number of fused-ring (bicyclic) bond motifs is 2. The summed E-state index contributed by atoms with van der Waals surface area (Å²) in [5.41, 5.74) is -0.183. The lowest BCUT2D eigenvalue weighted by atomic mass is 9.62. The lowest BCUT2D eigenvalue weighted by Crippen LogP contribution is -2.49. The zero-order valence-corrected chi connectivity index (χ0v) is 30.2. The van der Waals surface area contributed by atoms with Gasteiger partial charge in [-0.1, -0.05) is 82.9 Å². The van der Waals surface area contributed by atoms with E-state index < -0.39 is 43.5 Å². The van der Waals surface area contributed by atoms with Crippen LogP contribution in [0.3, 0.4) is 0 Å². The molecule has 2 aromatic carbocycles. The van der Waals surface area contributed by atoms with Crippen LogP contribution in [0.5, 0.6) is 0 Å². The van der Waals surface area contributed by atoms with E-state index in [2.05, 4.69) is 75.7 Å². The predicted octanol–water partition coefficient (Wildman–Crippen LogP) is 7.74. The number of anilines is 2. The summed E-state index contributed by atoms with van der Waals surface area (Å²) in [5.74, 6) is -2.01. The van der Waals surface area contributed by atoms with Crippen molar-refractivity contribution in [3.05, 3.63) is 75.7 Å². The normalized spacial score (nSPS) is 23.1. The van der Waals surface area contributed by atoms with Crippen LogP contribution < -0.4 is 16.0 Å². The summed E-state index contributed by atoms with van der Waals surface area (Å²) in [7, 11) is -1.92. The minimum Gasteiger partial charge on any atom is -0.415 e. The molecule has 0 saturated carbocycles. The molecule has 0 radical (unpaired) electrons. The Labute approximate surface area is 281 Å². The van der Waals surface area contributed by atoms with Crippen molar-refractivity contribution >= 4 is 54.8 Å². The van der Waals surface area contributed by atoms with Crippen LogP contribution in [-0.2, 0) is 26.0 Å². The van der Waals surface area contributed by atoms with Crippen molar-refractivity contribution in [1.29, 1.82) is 0 Å². The third kappa shape index (κ3) is 6.39. The van der Waals surface area contributed by atoms with E-state index in [4.69, 9.17) is 27.6 Å². The molecule has 1 spiro atoms. The van der Waals surface area contributed by atoms with Crippen molar-refractivity contribution in [2.75, 3.05) is 17.2 Å². The molecular formula is C34H44Cl2FN5O3Si. The summed E-state index contributed by atoms with van der Waals surface area (Å²) >= 11 is 12.6. The zero-order chi connectivity index (χ0) is 33.8. The second-order valence-electron chi connectivity index (χ2n) is 15.2. The van der Waals surface area contributed by atoms with Crippen molar-refractivity contribution < 1.29 is 18.4 Å². The Morgan fingerprint density at radius 1 is 1.13 bits per heavy atom. The molecule has 12 heteroatoms. The molecule has 4 atom stereocenters. The number of halogens is 3. The third-order valence-electron chi connectivity index (χ3n) is 9.70. The second kappa shape index (κ2) is 12.4. The van der Waals surface area contributed by atoms with Gasteiger partial charge in [-0.2, -0.15) is 5.10 Å². The Balaban J connectivity index is 1.51. The molecule has 2 aliphatic heterocycles. The summed E-state index contributed by atoms with van der Waals surface area (Å²) in [5, 5.41) is 14.4. The van der Waals surface area contributed by atoms with Crippen molar-refractivity contribution in [3.63, 3.8) is 0 Å². The van der Waals surface area contributed by atoms with Crippen LogP contribution in [0.1, 0.15) is 65.0 Å². The number of nitrogens with zero attached hydrogens (tertiary/aromatic N) is 2. The molecule has 1 aromatic heterocycles. The quantitative estimate of drug-likeness (QED) is 0.211. The highest BCUT2D eigenvalue weighted by atomic mass is 35.5. The molecule has 8 nitrogen and oxygen atoms in total. The smallest absolute Gasteiger partial charge is 0.243 e. The SMILES string of the molecule is CC(C)(C)C[C@@H]1N[C@@H](C(=O)Nc2ccn(CCO[Si](C)(C)C(C)(C)C)n2)[C@H](c2cccc(Cl)c2F)[C@]12C(=O)Nc1cc(Cl)ccc12. The van der Waals surface area contributed by atoms with Crippen molar-refractivity contribution in [2.45, 2.75) is 96.1 Å². The largest absolute Gasteiger partial charge is 0.415 e. The summed E-state index contributed by atoms with van der Waals surface area (Å²) in [6.07, 6.45) is 2.31. The van der Waals surface area contributed by atoms with E-state index in [9.17, 15) is 9.59 Å². The minimum atomic E-state index is -1.92. The molecule has 5 rings (SSSR count). The Bertz CT molecular complexity index is 1650. The van der Waals surface area contributed by atoms with Gasteiger partial charge in [-0.15, -0.1) is 0 Å². The molecule has 1 saturated heterocycles. The number of nitrogens with one attached hydrogen (secondary N) is 3. The van der Waals surface area contributed by atoms with Gasteiger partial charge >= 0.3 is 0 Å². The molecule has 3 heterocycles. The lowest BCUT2D eigenvalue weighted by Gasteiger charge is -2.37. The van der Waals surface area contributed by atoms with Crippen molar-refractivity contribution in [1.82, 2.24) is 15.1 Å².